The Balaban J connectivity index is 1.28. The van der Waals surface area contributed by atoms with Gasteiger partial charge in [0, 0.05) is 30.1 Å². The Morgan fingerprint density at radius 3 is 2.53 bits per heavy atom. The fraction of sp³-hybridized carbons (Fsp3) is 0.286. The van der Waals surface area contributed by atoms with Gasteiger partial charge >= 0.3 is 6.18 Å². The lowest BCUT2D eigenvalue weighted by Crippen LogP contribution is -2.35. The number of hydrogen-bond donors (Lipinski definition) is 3. The average Bonchev–Trinajstić information content (AvgIpc) is 3.24. The van der Waals surface area contributed by atoms with E-state index in [0.29, 0.717) is 37.7 Å². The van der Waals surface area contributed by atoms with Crippen molar-refractivity contribution in [3.8, 4) is 11.1 Å². The van der Waals surface area contributed by atoms with Gasteiger partial charge in [-0.2, -0.15) is 13.2 Å². The van der Waals surface area contributed by atoms with E-state index in [9.17, 15) is 27.1 Å². The molecular weight excluding hydrogens is 475 g/mol. The second-order valence-corrected chi connectivity index (χ2v) is 9.29. The third-order valence-corrected chi connectivity index (χ3v) is 6.90. The van der Waals surface area contributed by atoms with Crippen LogP contribution in [0.2, 0.25) is 0 Å². The molecule has 3 aromatic carbocycles. The molecule has 0 saturated heterocycles. The minimum absolute atomic E-state index is 0.0802. The molecule has 1 aromatic heterocycles. The van der Waals surface area contributed by atoms with Crippen LogP contribution in [-0.4, -0.2) is 16.1 Å². The molecule has 188 valence electrons. The largest absolute Gasteiger partial charge is 0.416 e. The summed E-state index contributed by atoms with van der Waals surface area (Å²) in [5, 5.41) is 14.7. The third-order valence-electron chi connectivity index (χ3n) is 6.90. The van der Waals surface area contributed by atoms with Crippen LogP contribution in [0.15, 0.2) is 60.7 Å². The minimum Gasteiger partial charge on any atom is -0.388 e. The molecule has 0 bridgehead atoms. The molecule has 1 aliphatic heterocycles. The summed E-state index contributed by atoms with van der Waals surface area (Å²) in [5.74, 6) is -0.693. The van der Waals surface area contributed by atoms with Gasteiger partial charge in [-0.1, -0.05) is 30.3 Å². The number of nitrogens with one attached hydrogen (secondary N) is 2. The van der Waals surface area contributed by atoms with Crippen LogP contribution in [0.4, 0.5) is 22.0 Å². The quantitative estimate of drug-likeness (QED) is 0.249. The molecule has 0 spiro atoms. The van der Waals surface area contributed by atoms with Crippen molar-refractivity contribution in [2.24, 2.45) is 0 Å². The van der Waals surface area contributed by atoms with Gasteiger partial charge in [-0.25, -0.2) is 8.78 Å². The third kappa shape index (κ3) is 4.88. The van der Waals surface area contributed by atoms with Crippen molar-refractivity contribution in [2.45, 2.75) is 50.6 Å². The maximum atomic E-state index is 14.7. The summed E-state index contributed by atoms with van der Waals surface area (Å²) in [7, 11) is 0. The van der Waals surface area contributed by atoms with Crippen LogP contribution in [0.3, 0.4) is 0 Å². The Morgan fingerprint density at radius 2 is 1.78 bits per heavy atom. The summed E-state index contributed by atoms with van der Waals surface area (Å²) in [5.41, 5.74) is 3.44. The number of aliphatic hydroxyl groups is 1. The Bertz CT molecular complexity index is 1380. The number of benzene rings is 3. The van der Waals surface area contributed by atoms with Crippen molar-refractivity contribution < 1.29 is 27.1 Å². The van der Waals surface area contributed by atoms with Crippen molar-refractivity contribution in [1.29, 1.82) is 0 Å². The first-order valence-electron chi connectivity index (χ1n) is 11.9. The van der Waals surface area contributed by atoms with Gasteiger partial charge in [0.25, 0.3) is 0 Å². The summed E-state index contributed by atoms with van der Waals surface area (Å²) in [6.07, 6.45) is -3.15. The van der Waals surface area contributed by atoms with Crippen LogP contribution < -0.4 is 5.32 Å². The highest BCUT2D eigenvalue weighted by atomic mass is 19.4. The van der Waals surface area contributed by atoms with Crippen molar-refractivity contribution in [3.63, 3.8) is 0 Å². The second-order valence-electron chi connectivity index (χ2n) is 9.29. The van der Waals surface area contributed by atoms with Gasteiger partial charge in [0.2, 0.25) is 0 Å². The molecule has 3 nitrogen and oxygen atoms in total. The van der Waals surface area contributed by atoms with Crippen molar-refractivity contribution >= 4 is 10.9 Å². The van der Waals surface area contributed by atoms with Crippen molar-refractivity contribution in [1.82, 2.24) is 10.3 Å². The zero-order valence-electron chi connectivity index (χ0n) is 19.3. The van der Waals surface area contributed by atoms with Crippen LogP contribution in [0.25, 0.3) is 22.0 Å². The lowest BCUT2D eigenvalue weighted by Gasteiger charge is -2.25. The van der Waals surface area contributed by atoms with E-state index in [0.717, 1.165) is 39.9 Å². The van der Waals surface area contributed by atoms with Crippen LogP contribution in [0, 0.1) is 11.6 Å². The molecule has 0 aliphatic carbocycles. The molecule has 0 fully saturated rings. The van der Waals surface area contributed by atoms with Crippen LogP contribution in [0.5, 0.6) is 0 Å². The van der Waals surface area contributed by atoms with Gasteiger partial charge in [0.05, 0.1) is 17.2 Å². The molecule has 2 atom stereocenters. The van der Waals surface area contributed by atoms with E-state index < -0.39 is 17.8 Å². The van der Waals surface area contributed by atoms with Crippen LogP contribution >= 0.6 is 0 Å². The Morgan fingerprint density at radius 1 is 1.00 bits per heavy atom. The summed E-state index contributed by atoms with van der Waals surface area (Å²) < 4.78 is 67.0. The Hall–Kier alpha value is -3.23. The second kappa shape index (κ2) is 9.67. The van der Waals surface area contributed by atoms with E-state index in [1.165, 1.54) is 30.3 Å². The van der Waals surface area contributed by atoms with E-state index in [1.807, 2.05) is 0 Å². The van der Waals surface area contributed by atoms with E-state index in [4.69, 9.17) is 0 Å². The molecular formula is C28H25F5N2O. The van der Waals surface area contributed by atoms with Gasteiger partial charge in [0.1, 0.15) is 11.6 Å². The first-order chi connectivity index (χ1) is 17.2. The number of fused-ring (bicyclic) bond motifs is 3. The SMILES string of the molecule is OC(CCCC1Cc2[nH]c3c(F)ccc(-c4ccc(F)cc4)c3c2CN1)c1cccc(C(F)(F)F)c1. The standard InChI is InChI=1S/C28H25F5N2O/c29-19-9-7-16(8-10-19)21-11-12-23(30)27-26(21)22-15-34-20(14-24(22)35-27)5-2-6-25(36)17-3-1-4-18(13-17)28(31,32)33/h1,3-4,7-13,20,25,34-36H,2,5-6,14-15H2. The predicted octanol–water partition coefficient (Wildman–Crippen LogP) is 7.05. The highest BCUT2D eigenvalue weighted by Crippen LogP contribution is 2.37. The van der Waals surface area contributed by atoms with Crippen LogP contribution in [-0.2, 0) is 19.1 Å². The normalized spacial score (nSPS) is 16.8. The summed E-state index contributed by atoms with van der Waals surface area (Å²) in [6.45, 7) is 0.522. The fourth-order valence-corrected chi connectivity index (χ4v) is 5.05. The van der Waals surface area contributed by atoms with E-state index in [1.54, 1.807) is 18.2 Å². The zero-order chi connectivity index (χ0) is 25.4. The summed E-state index contributed by atoms with van der Waals surface area (Å²) >= 11 is 0. The molecule has 36 heavy (non-hydrogen) atoms. The number of aliphatic hydroxyl groups excluding tert-OH is 1. The molecule has 8 heteroatoms. The Kier molecular flexibility index (Phi) is 6.57. The smallest absolute Gasteiger partial charge is 0.388 e. The number of alkyl halides is 3. The molecule has 0 amide bonds. The number of aromatic nitrogens is 1. The van der Waals surface area contributed by atoms with Gasteiger partial charge in [-0.15, -0.1) is 0 Å². The molecule has 4 aromatic rings. The fourth-order valence-electron chi connectivity index (χ4n) is 5.05. The highest BCUT2D eigenvalue weighted by Gasteiger charge is 2.31. The molecule has 1 aliphatic rings. The topological polar surface area (TPSA) is 48.0 Å². The number of halogens is 5. The zero-order valence-corrected chi connectivity index (χ0v) is 19.3. The van der Waals surface area contributed by atoms with E-state index in [-0.39, 0.29) is 23.2 Å². The summed E-state index contributed by atoms with van der Waals surface area (Å²) in [6, 6.07) is 14.1. The number of hydrogen-bond acceptors (Lipinski definition) is 2. The predicted molar refractivity (Wildman–Crippen MR) is 128 cm³/mol. The summed E-state index contributed by atoms with van der Waals surface area (Å²) in [4.78, 5) is 3.24. The number of H-pyrrole nitrogens is 1. The molecule has 2 unspecified atom stereocenters. The number of aromatic amines is 1. The molecule has 5 rings (SSSR count). The molecule has 2 heterocycles. The van der Waals surface area contributed by atoms with Gasteiger partial charge in [0.15, 0.2) is 0 Å². The molecule has 0 saturated carbocycles. The Labute approximate surface area is 205 Å². The maximum Gasteiger partial charge on any atom is 0.416 e. The van der Waals surface area contributed by atoms with Gasteiger partial charge in [-0.3, -0.25) is 0 Å². The first kappa shape index (κ1) is 24.5. The van der Waals surface area contributed by atoms with Crippen LogP contribution in [0.1, 0.15) is 47.8 Å². The van der Waals surface area contributed by atoms with E-state index in [2.05, 4.69) is 10.3 Å². The molecule has 0 radical (unpaired) electrons. The average molecular weight is 501 g/mol. The lowest BCUT2D eigenvalue weighted by molar-refractivity contribution is -0.137. The number of rotatable bonds is 6. The maximum absolute atomic E-state index is 14.7. The van der Waals surface area contributed by atoms with Crippen molar-refractivity contribution in [2.75, 3.05) is 0 Å². The minimum atomic E-state index is -4.45. The highest BCUT2D eigenvalue weighted by molar-refractivity contribution is 5.99. The van der Waals surface area contributed by atoms with E-state index >= 15 is 0 Å². The van der Waals surface area contributed by atoms with Crippen molar-refractivity contribution in [3.05, 3.63) is 94.7 Å². The monoisotopic (exact) mass is 500 g/mol. The van der Waals surface area contributed by atoms with Gasteiger partial charge < -0.3 is 15.4 Å². The lowest BCUT2D eigenvalue weighted by atomic mass is 9.93. The van der Waals surface area contributed by atoms with Gasteiger partial charge in [-0.05, 0) is 71.8 Å². The molecule has 3 N–H and O–H groups in total. The first-order valence-corrected chi connectivity index (χ1v) is 11.9.